The lowest BCUT2D eigenvalue weighted by atomic mass is 10.0. The number of hydrogen-bond acceptors (Lipinski definition) is 5. The number of halogens is 1. The Labute approximate surface area is 233 Å². The Morgan fingerprint density at radius 2 is 1.60 bits per heavy atom. The molecule has 10 heteroatoms. The number of carbonyl (C=O) groups is 3. The number of hydrogen-bond donors (Lipinski definition) is 1. The minimum atomic E-state index is -4.11. The van der Waals surface area contributed by atoms with Gasteiger partial charge in [-0.15, -0.1) is 0 Å². The third-order valence-corrected chi connectivity index (χ3v) is 8.54. The lowest BCUT2D eigenvalue weighted by Crippen LogP contribution is -2.51. The Balaban J connectivity index is 1.64. The highest BCUT2D eigenvalue weighted by molar-refractivity contribution is 7.90. The molecule has 1 heterocycles. The fraction of sp³-hybridized carbons (Fsp3) is 0.300. The predicted molar refractivity (Wildman–Crippen MR) is 148 cm³/mol. The first kappa shape index (κ1) is 28.9. The number of fused-ring (bicyclic) bond motifs is 1. The van der Waals surface area contributed by atoms with Crippen LogP contribution in [0.4, 0.5) is 4.39 Å². The standard InChI is InChI=1S/C30H32FN3O5S/c1-21(2)19-32-29(36)26(18-22-10-4-3-5-11-22)33(20-23-12-6-8-14-25(23)31)28(35)16-17-34-30(37)24-13-7-9-15-27(24)40(34,38)39/h3-15,21,26H,16-20H2,1-2H3,(H,32,36)/t26-/m0/s1. The Morgan fingerprint density at radius 1 is 0.950 bits per heavy atom. The zero-order valence-electron chi connectivity index (χ0n) is 22.4. The zero-order valence-corrected chi connectivity index (χ0v) is 23.2. The van der Waals surface area contributed by atoms with Crippen molar-refractivity contribution in [2.24, 2.45) is 5.92 Å². The molecule has 0 spiro atoms. The first-order valence-corrected chi connectivity index (χ1v) is 14.5. The minimum Gasteiger partial charge on any atom is -0.354 e. The molecule has 1 aliphatic heterocycles. The van der Waals surface area contributed by atoms with Crippen molar-refractivity contribution in [2.75, 3.05) is 13.1 Å². The monoisotopic (exact) mass is 565 g/mol. The van der Waals surface area contributed by atoms with Crippen LogP contribution >= 0.6 is 0 Å². The predicted octanol–water partition coefficient (Wildman–Crippen LogP) is 3.77. The van der Waals surface area contributed by atoms with Crippen molar-refractivity contribution in [1.82, 2.24) is 14.5 Å². The van der Waals surface area contributed by atoms with Gasteiger partial charge in [0, 0.05) is 38.0 Å². The highest BCUT2D eigenvalue weighted by Crippen LogP contribution is 2.30. The third-order valence-electron chi connectivity index (χ3n) is 6.69. The topological polar surface area (TPSA) is 104 Å². The van der Waals surface area contributed by atoms with Crippen LogP contribution in [-0.4, -0.2) is 54.5 Å². The summed E-state index contributed by atoms with van der Waals surface area (Å²) in [7, 11) is -4.11. The van der Waals surface area contributed by atoms with Gasteiger partial charge in [0.05, 0.1) is 5.56 Å². The van der Waals surface area contributed by atoms with E-state index >= 15 is 0 Å². The molecule has 0 bridgehead atoms. The molecule has 0 saturated carbocycles. The molecule has 0 aromatic heterocycles. The average molecular weight is 566 g/mol. The number of rotatable bonds is 11. The maximum absolute atomic E-state index is 14.7. The number of nitrogens with zero attached hydrogens (tertiary/aromatic N) is 2. The first-order valence-electron chi connectivity index (χ1n) is 13.1. The van der Waals surface area contributed by atoms with Crippen molar-refractivity contribution in [3.63, 3.8) is 0 Å². The van der Waals surface area contributed by atoms with E-state index in [0.29, 0.717) is 10.8 Å². The molecule has 1 aliphatic rings. The van der Waals surface area contributed by atoms with Crippen LogP contribution in [0.1, 0.15) is 41.8 Å². The summed E-state index contributed by atoms with van der Waals surface area (Å²) >= 11 is 0. The molecule has 210 valence electrons. The maximum atomic E-state index is 14.7. The van der Waals surface area contributed by atoms with Gasteiger partial charge in [-0.2, -0.15) is 0 Å². The van der Waals surface area contributed by atoms with Gasteiger partial charge in [-0.3, -0.25) is 14.4 Å². The van der Waals surface area contributed by atoms with E-state index in [1.807, 2.05) is 44.2 Å². The van der Waals surface area contributed by atoms with E-state index in [-0.39, 0.29) is 41.3 Å². The normalized spacial score (nSPS) is 14.6. The second-order valence-corrected chi connectivity index (χ2v) is 11.9. The van der Waals surface area contributed by atoms with Crippen LogP contribution in [0, 0.1) is 11.7 Å². The summed E-state index contributed by atoms with van der Waals surface area (Å²) in [6.07, 6.45) is -0.215. The number of benzene rings is 3. The first-order chi connectivity index (χ1) is 19.1. The average Bonchev–Trinajstić information content (AvgIpc) is 3.13. The molecular weight excluding hydrogens is 533 g/mol. The van der Waals surface area contributed by atoms with Crippen molar-refractivity contribution in [2.45, 2.75) is 44.2 Å². The van der Waals surface area contributed by atoms with E-state index in [1.54, 1.807) is 12.1 Å². The van der Waals surface area contributed by atoms with Gasteiger partial charge in [0.1, 0.15) is 16.8 Å². The fourth-order valence-corrected chi connectivity index (χ4v) is 6.15. The number of carbonyl (C=O) groups excluding carboxylic acids is 3. The lowest BCUT2D eigenvalue weighted by Gasteiger charge is -2.32. The maximum Gasteiger partial charge on any atom is 0.269 e. The summed E-state index contributed by atoms with van der Waals surface area (Å²) in [4.78, 5) is 41.3. The molecule has 3 aromatic rings. The molecule has 0 fully saturated rings. The molecule has 1 N–H and O–H groups in total. The zero-order chi connectivity index (χ0) is 28.9. The summed E-state index contributed by atoms with van der Waals surface area (Å²) in [5.74, 6) is -2.07. The molecule has 0 aliphatic carbocycles. The summed E-state index contributed by atoms with van der Waals surface area (Å²) < 4.78 is 41.4. The van der Waals surface area contributed by atoms with E-state index in [0.717, 1.165) is 5.56 Å². The van der Waals surface area contributed by atoms with E-state index < -0.39 is 46.1 Å². The SMILES string of the molecule is CC(C)CNC(=O)[C@H](Cc1ccccc1)N(Cc1ccccc1F)C(=O)CCN1C(=O)c2ccccc2S1(=O)=O. The quantitative estimate of drug-likeness (QED) is 0.381. The molecule has 3 aromatic carbocycles. The fourth-order valence-electron chi connectivity index (χ4n) is 4.58. The van der Waals surface area contributed by atoms with Crippen molar-refractivity contribution in [1.29, 1.82) is 0 Å². The van der Waals surface area contributed by atoms with Gasteiger partial charge in [0.15, 0.2) is 0 Å². The van der Waals surface area contributed by atoms with E-state index in [2.05, 4.69) is 5.32 Å². The van der Waals surface area contributed by atoms with E-state index in [9.17, 15) is 27.2 Å². The summed E-state index contributed by atoms with van der Waals surface area (Å²) in [5.41, 5.74) is 1.06. The smallest absolute Gasteiger partial charge is 0.269 e. The lowest BCUT2D eigenvalue weighted by molar-refractivity contribution is -0.141. The number of sulfonamides is 1. The van der Waals surface area contributed by atoms with Crippen LogP contribution in [0.2, 0.25) is 0 Å². The minimum absolute atomic E-state index is 0.0492. The highest BCUT2D eigenvalue weighted by Gasteiger charge is 2.41. The van der Waals surface area contributed by atoms with Gasteiger partial charge in [0.2, 0.25) is 11.8 Å². The Hall–Kier alpha value is -4.05. The van der Waals surface area contributed by atoms with Gasteiger partial charge in [-0.25, -0.2) is 17.1 Å². The second kappa shape index (κ2) is 12.4. The molecular formula is C30H32FN3O5S. The molecule has 8 nitrogen and oxygen atoms in total. The van der Waals surface area contributed by atoms with Crippen LogP contribution in [-0.2, 0) is 32.6 Å². The van der Waals surface area contributed by atoms with Gasteiger partial charge in [-0.05, 0) is 29.7 Å². The van der Waals surface area contributed by atoms with Crippen molar-refractivity contribution in [3.05, 3.63) is 101 Å². The molecule has 4 rings (SSSR count). The second-order valence-electron chi connectivity index (χ2n) is 10.1. The third kappa shape index (κ3) is 6.39. The van der Waals surface area contributed by atoms with Crippen LogP contribution < -0.4 is 5.32 Å². The Morgan fingerprint density at radius 3 is 2.27 bits per heavy atom. The van der Waals surface area contributed by atoms with Gasteiger partial charge in [-0.1, -0.05) is 74.5 Å². The molecule has 0 unspecified atom stereocenters. The number of nitrogens with one attached hydrogen (secondary N) is 1. The molecule has 3 amide bonds. The van der Waals surface area contributed by atoms with Gasteiger partial charge < -0.3 is 10.2 Å². The van der Waals surface area contributed by atoms with Crippen molar-refractivity contribution >= 4 is 27.7 Å². The van der Waals surface area contributed by atoms with E-state index in [4.69, 9.17) is 0 Å². The highest BCUT2D eigenvalue weighted by atomic mass is 32.2. The summed E-state index contributed by atoms with van der Waals surface area (Å²) in [5, 5.41) is 2.88. The molecule has 1 atom stereocenters. The largest absolute Gasteiger partial charge is 0.354 e. The van der Waals surface area contributed by atoms with Gasteiger partial charge in [0.25, 0.3) is 15.9 Å². The Kier molecular flexibility index (Phi) is 8.99. The van der Waals surface area contributed by atoms with Crippen molar-refractivity contribution < 1.29 is 27.2 Å². The van der Waals surface area contributed by atoms with Gasteiger partial charge >= 0.3 is 0 Å². The van der Waals surface area contributed by atoms with Crippen LogP contribution in [0.5, 0.6) is 0 Å². The Bertz CT molecular complexity index is 1490. The summed E-state index contributed by atoms with van der Waals surface area (Å²) in [6, 6.07) is 20.0. The van der Waals surface area contributed by atoms with Crippen molar-refractivity contribution in [3.8, 4) is 0 Å². The molecule has 0 radical (unpaired) electrons. The molecule has 40 heavy (non-hydrogen) atoms. The van der Waals surface area contributed by atoms with E-state index in [1.165, 1.54) is 41.3 Å². The molecule has 0 saturated heterocycles. The van der Waals surface area contributed by atoms with Crippen LogP contribution in [0.25, 0.3) is 0 Å². The summed E-state index contributed by atoms with van der Waals surface area (Å²) in [6.45, 7) is 3.65. The van der Waals surface area contributed by atoms with Crippen LogP contribution in [0.3, 0.4) is 0 Å². The van der Waals surface area contributed by atoms with Crippen LogP contribution in [0.15, 0.2) is 83.8 Å². The number of amides is 3.